The second-order valence-corrected chi connectivity index (χ2v) is 6.29. The normalized spacial score (nSPS) is 17.6. The molecule has 2 N–H and O–H groups in total. The molecule has 0 aromatic heterocycles. The molecule has 138 valence electrons. The van der Waals surface area contributed by atoms with E-state index in [-0.39, 0.29) is 12.5 Å². The van der Waals surface area contributed by atoms with Gasteiger partial charge >= 0.3 is 6.18 Å². The summed E-state index contributed by atoms with van der Waals surface area (Å²) in [6.45, 7) is 1.08. The van der Waals surface area contributed by atoms with Crippen LogP contribution >= 0.6 is 0 Å². The van der Waals surface area contributed by atoms with Crippen molar-refractivity contribution in [3.63, 3.8) is 0 Å². The number of fused-ring (bicyclic) bond motifs is 1. The minimum atomic E-state index is -4.37. The molecule has 0 radical (unpaired) electrons. The predicted molar refractivity (Wildman–Crippen MR) is 89.6 cm³/mol. The number of benzene rings is 2. The van der Waals surface area contributed by atoms with Crippen LogP contribution < -0.4 is 5.48 Å². The van der Waals surface area contributed by atoms with E-state index in [1.54, 1.807) is 5.48 Å². The molecule has 1 atom stereocenters. The number of carbonyl (C=O) groups excluding carboxylic acids is 1. The van der Waals surface area contributed by atoms with E-state index in [0.29, 0.717) is 13.1 Å². The number of carbonyl (C=O) groups is 1. The van der Waals surface area contributed by atoms with E-state index in [1.165, 1.54) is 12.1 Å². The summed E-state index contributed by atoms with van der Waals surface area (Å²) >= 11 is 0. The molecule has 2 aromatic carbocycles. The van der Waals surface area contributed by atoms with Crippen LogP contribution in [0.1, 0.15) is 34.7 Å². The SMILES string of the molecule is O=C(CCN1CCc2ccccc2C1c1ccc(C(F)(F)F)cc1)NO. The van der Waals surface area contributed by atoms with Crippen molar-refractivity contribution in [3.05, 3.63) is 70.8 Å². The monoisotopic (exact) mass is 364 g/mol. The minimum Gasteiger partial charge on any atom is -0.292 e. The van der Waals surface area contributed by atoms with Crippen molar-refractivity contribution in [3.8, 4) is 0 Å². The van der Waals surface area contributed by atoms with Gasteiger partial charge in [0, 0.05) is 19.5 Å². The lowest BCUT2D eigenvalue weighted by atomic mass is 9.87. The van der Waals surface area contributed by atoms with Crippen LogP contribution in [0.15, 0.2) is 48.5 Å². The van der Waals surface area contributed by atoms with Crippen LogP contribution in [-0.4, -0.2) is 29.1 Å². The van der Waals surface area contributed by atoms with Crippen molar-refractivity contribution < 1.29 is 23.2 Å². The quantitative estimate of drug-likeness (QED) is 0.644. The average molecular weight is 364 g/mol. The van der Waals surface area contributed by atoms with Gasteiger partial charge < -0.3 is 0 Å². The highest BCUT2D eigenvalue weighted by molar-refractivity contribution is 5.74. The Kier molecular flexibility index (Phi) is 5.29. The Balaban J connectivity index is 1.93. The molecule has 0 aliphatic carbocycles. The minimum absolute atomic E-state index is 0.107. The van der Waals surface area contributed by atoms with Crippen LogP contribution in [0, 0.1) is 0 Å². The van der Waals surface area contributed by atoms with E-state index < -0.39 is 17.6 Å². The van der Waals surface area contributed by atoms with Gasteiger partial charge in [0.25, 0.3) is 0 Å². The van der Waals surface area contributed by atoms with E-state index in [9.17, 15) is 18.0 Å². The molecule has 4 nitrogen and oxygen atoms in total. The number of hydrogen-bond acceptors (Lipinski definition) is 3. The molecule has 1 amide bonds. The van der Waals surface area contributed by atoms with Gasteiger partial charge in [-0.3, -0.25) is 14.9 Å². The number of rotatable bonds is 4. The highest BCUT2D eigenvalue weighted by atomic mass is 19.4. The van der Waals surface area contributed by atoms with Crippen LogP contribution in [-0.2, 0) is 17.4 Å². The molecule has 1 aliphatic rings. The first-order chi connectivity index (χ1) is 12.4. The Morgan fingerprint density at radius 1 is 1.15 bits per heavy atom. The number of nitrogens with one attached hydrogen (secondary N) is 1. The summed E-state index contributed by atoms with van der Waals surface area (Å²) in [7, 11) is 0. The van der Waals surface area contributed by atoms with Crippen LogP contribution in [0.3, 0.4) is 0 Å². The summed E-state index contributed by atoms with van der Waals surface area (Å²) < 4.78 is 38.5. The number of amides is 1. The third-order valence-corrected chi connectivity index (χ3v) is 4.69. The molecular formula is C19H19F3N2O2. The van der Waals surface area contributed by atoms with E-state index >= 15 is 0 Å². The van der Waals surface area contributed by atoms with Gasteiger partial charge in [0.05, 0.1) is 11.6 Å². The van der Waals surface area contributed by atoms with E-state index in [0.717, 1.165) is 35.2 Å². The standard InChI is InChI=1S/C19H19F3N2O2/c20-19(21,22)15-7-5-14(6-8-15)18-16-4-2-1-3-13(16)9-11-24(18)12-10-17(25)23-26/h1-8,18,26H,9-12H2,(H,23,25). The molecule has 7 heteroatoms. The van der Waals surface area contributed by atoms with Gasteiger partial charge in [-0.1, -0.05) is 36.4 Å². The molecule has 0 saturated carbocycles. The van der Waals surface area contributed by atoms with E-state index in [4.69, 9.17) is 5.21 Å². The second-order valence-electron chi connectivity index (χ2n) is 6.29. The summed E-state index contributed by atoms with van der Waals surface area (Å²) in [4.78, 5) is 13.4. The lowest BCUT2D eigenvalue weighted by Gasteiger charge is -2.37. The maximum atomic E-state index is 12.8. The van der Waals surface area contributed by atoms with Crippen molar-refractivity contribution in [2.45, 2.75) is 25.1 Å². The number of nitrogens with zero attached hydrogens (tertiary/aromatic N) is 1. The summed E-state index contributed by atoms with van der Waals surface area (Å²) in [6.07, 6.45) is -3.47. The topological polar surface area (TPSA) is 52.6 Å². The van der Waals surface area contributed by atoms with Gasteiger partial charge in [-0.05, 0) is 35.2 Å². The van der Waals surface area contributed by atoms with Gasteiger partial charge in [0.1, 0.15) is 0 Å². The molecule has 1 aliphatic heterocycles. The molecule has 1 heterocycles. The van der Waals surface area contributed by atoms with Gasteiger partial charge in [-0.2, -0.15) is 13.2 Å². The Morgan fingerprint density at radius 3 is 2.50 bits per heavy atom. The molecule has 26 heavy (non-hydrogen) atoms. The first kappa shape index (κ1) is 18.4. The first-order valence-electron chi connectivity index (χ1n) is 8.32. The van der Waals surface area contributed by atoms with Crippen LogP contribution in [0.5, 0.6) is 0 Å². The Morgan fingerprint density at radius 2 is 1.85 bits per heavy atom. The van der Waals surface area contributed by atoms with Crippen molar-refractivity contribution in [2.24, 2.45) is 0 Å². The van der Waals surface area contributed by atoms with Crippen LogP contribution in [0.4, 0.5) is 13.2 Å². The molecule has 0 bridgehead atoms. The van der Waals surface area contributed by atoms with Crippen molar-refractivity contribution in [1.29, 1.82) is 0 Å². The number of halogens is 3. The van der Waals surface area contributed by atoms with Gasteiger partial charge in [-0.15, -0.1) is 0 Å². The highest BCUT2D eigenvalue weighted by Crippen LogP contribution is 2.36. The maximum absolute atomic E-state index is 12.8. The van der Waals surface area contributed by atoms with Gasteiger partial charge in [0.15, 0.2) is 0 Å². The number of hydrogen-bond donors (Lipinski definition) is 2. The molecule has 3 rings (SSSR count). The van der Waals surface area contributed by atoms with Gasteiger partial charge in [0.2, 0.25) is 5.91 Å². The Hall–Kier alpha value is -2.38. The third kappa shape index (κ3) is 3.89. The lowest BCUT2D eigenvalue weighted by molar-refractivity contribution is -0.137. The first-order valence-corrected chi connectivity index (χ1v) is 8.32. The molecule has 1 unspecified atom stereocenters. The predicted octanol–water partition coefficient (Wildman–Crippen LogP) is 3.55. The Labute approximate surface area is 149 Å². The maximum Gasteiger partial charge on any atom is 0.416 e. The fourth-order valence-corrected chi connectivity index (χ4v) is 3.41. The Bertz CT molecular complexity index is 775. The zero-order valence-electron chi connectivity index (χ0n) is 14.0. The molecule has 2 aromatic rings. The van der Waals surface area contributed by atoms with Crippen molar-refractivity contribution in [1.82, 2.24) is 10.4 Å². The molecule has 0 saturated heterocycles. The number of hydroxylamine groups is 1. The highest BCUT2D eigenvalue weighted by Gasteiger charge is 2.32. The third-order valence-electron chi connectivity index (χ3n) is 4.69. The lowest BCUT2D eigenvalue weighted by Crippen LogP contribution is -2.38. The fourth-order valence-electron chi connectivity index (χ4n) is 3.41. The summed E-state index contributed by atoms with van der Waals surface area (Å²) in [5.74, 6) is -0.491. The number of alkyl halides is 3. The van der Waals surface area contributed by atoms with Crippen LogP contribution in [0.25, 0.3) is 0 Å². The van der Waals surface area contributed by atoms with E-state index in [1.807, 2.05) is 24.3 Å². The average Bonchev–Trinajstić information content (AvgIpc) is 2.65. The largest absolute Gasteiger partial charge is 0.416 e. The molecule has 0 fully saturated rings. The zero-order valence-corrected chi connectivity index (χ0v) is 14.0. The smallest absolute Gasteiger partial charge is 0.292 e. The fraction of sp³-hybridized carbons (Fsp3) is 0.316. The van der Waals surface area contributed by atoms with E-state index in [2.05, 4.69) is 4.90 Å². The summed E-state index contributed by atoms with van der Waals surface area (Å²) in [6, 6.07) is 12.8. The van der Waals surface area contributed by atoms with Crippen molar-refractivity contribution >= 4 is 5.91 Å². The van der Waals surface area contributed by atoms with Crippen LogP contribution in [0.2, 0.25) is 0 Å². The summed E-state index contributed by atoms with van der Waals surface area (Å²) in [5, 5.41) is 8.69. The van der Waals surface area contributed by atoms with Crippen molar-refractivity contribution in [2.75, 3.05) is 13.1 Å². The van der Waals surface area contributed by atoms with Gasteiger partial charge in [-0.25, -0.2) is 5.48 Å². The molecular weight excluding hydrogens is 345 g/mol. The zero-order chi connectivity index (χ0) is 18.7. The second kappa shape index (κ2) is 7.47. The summed E-state index contributed by atoms with van der Waals surface area (Å²) in [5.41, 5.74) is 3.86. The molecule has 0 spiro atoms.